The average molecular weight is 270 g/mol. The summed E-state index contributed by atoms with van der Waals surface area (Å²) >= 11 is 6.63. The quantitative estimate of drug-likeness (QED) is 0.723. The molecule has 0 amide bonds. The molecule has 0 aliphatic heterocycles. The highest BCUT2D eigenvalue weighted by atomic mass is 32.1. The molecule has 0 saturated carbocycles. The fraction of sp³-hybridized carbons (Fsp3) is 0. The van der Waals surface area contributed by atoms with Gasteiger partial charge in [-0.15, -0.1) is 11.3 Å². The number of hydrogen-bond donors (Lipinski definition) is 1. The maximum Gasteiger partial charge on any atom is 0.124 e. The van der Waals surface area contributed by atoms with E-state index in [0.717, 1.165) is 21.7 Å². The summed E-state index contributed by atoms with van der Waals surface area (Å²) in [4.78, 5) is 5.03. The lowest BCUT2D eigenvalue weighted by molar-refractivity contribution is 1.47. The predicted octanol–water partition coefficient (Wildman–Crippen LogP) is 3.60. The zero-order valence-electron chi connectivity index (χ0n) is 9.46. The van der Waals surface area contributed by atoms with Gasteiger partial charge in [0.15, 0.2) is 0 Å². The fourth-order valence-electron chi connectivity index (χ4n) is 1.77. The molecule has 4 heteroatoms. The molecule has 3 aromatic rings. The van der Waals surface area contributed by atoms with Crippen molar-refractivity contribution in [1.82, 2.24) is 4.98 Å². The van der Waals surface area contributed by atoms with Crippen LogP contribution in [0, 0.1) is 0 Å². The highest BCUT2D eigenvalue weighted by Crippen LogP contribution is 2.29. The summed E-state index contributed by atoms with van der Waals surface area (Å²) in [7, 11) is 0. The molecule has 0 unspecified atom stereocenters. The Hall–Kier alpha value is -1.78. The van der Waals surface area contributed by atoms with Crippen LogP contribution in [0.4, 0.5) is 0 Å². The van der Waals surface area contributed by atoms with Crippen molar-refractivity contribution in [2.45, 2.75) is 0 Å². The standard InChI is InChI=1S/C14H10N2S2/c15-13(17)9-5-7-10(8-6-9)14-16-11-3-1-2-4-12(11)18-14/h1-8H,(H2,15,17). The fourth-order valence-corrected chi connectivity index (χ4v) is 2.88. The van der Waals surface area contributed by atoms with Crippen LogP contribution >= 0.6 is 23.6 Å². The summed E-state index contributed by atoms with van der Waals surface area (Å²) in [6.07, 6.45) is 0. The molecule has 0 spiro atoms. The van der Waals surface area contributed by atoms with Gasteiger partial charge in [0.2, 0.25) is 0 Å². The molecule has 1 heterocycles. The van der Waals surface area contributed by atoms with Crippen LogP contribution in [-0.4, -0.2) is 9.97 Å². The number of nitrogens with zero attached hydrogens (tertiary/aromatic N) is 1. The van der Waals surface area contributed by atoms with Gasteiger partial charge in [-0.1, -0.05) is 48.6 Å². The third-order valence-corrected chi connectivity index (χ3v) is 4.03. The van der Waals surface area contributed by atoms with E-state index in [1.54, 1.807) is 11.3 Å². The molecule has 0 saturated heterocycles. The Labute approximate surface area is 114 Å². The van der Waals surface area contributed by atoms with E-state index in [2.05, 4.69) is 11.1 Å². The van der Waals surface area contributed by atoms with Crippen molar-refractivity contribution < 1.29 is 0 Å². The van der Waals surface area contributed by atoms with Crippen molar-refractivity contribution in [1.29, 1.82) is 0 Å². The summed E-state index contributed by atoms with van der Waals surface area (Å²) in [5.41, 5.74) is 8.60. The maximum atomic E-state index is 5.58. The molecule has 2 aromatic carbocycles. The lowest BCUT2D eigenvalue weighted by atomic mass is 10.1. The van der Waals surface area contributed by atoms with Gasteiger partial charge in [0, 0.05) is 11.1 Å². The first kappa shape index (κ1) is 11.3. The second-order valence-corrected chi connectivity index (χ2v) is 5.40. The summed E-state index contributed by atoms with van der Waals surface area (Å²) < 4.78 is 1.20. The van der Waals surface area contributed by atoms with Gasteiger partial charge in [-0.3, -0.25) is 0 Å². The first-order valence-electron chi connectivity index (χ1n) is 5.50. The maximum absolute atomic E-state index is 5.58. The highest BCUT2D eigenvalue weighted by molar-refractivity contribution is 7.80. The molecule has 1 aromatic heterocycles. The monoisotopic (exact) mass is 270 g/mol. The number of fused-ring (bicyclic) bond motifs is 1. The molecule has 2 nitrogen and oxygen atoms in total. The van der Waals surface area contributed by atoms with E-state index >= 15 is 0 Å². The Morgan fingerprint density at radius 3 is 2.44 bits per heavy atom. The average Bonchev–Trinajstić information content (AvgIpc) is 2.82. The van der Waals surface area contributed by atoms with Gasteiger partial charge in [0.1, 0.15) is 10.00 Å². The number of hydrogen-bond acceptors (Lipinski definition) is 3. The van der Waals surface area contributed by atoms with Crippen LogP contribution in [0.5, 0.6) is 0 Å². The summed E-state index contributed by atoms with van der Waals surface area (Å²) in [5.74, 6) is 0. The highest BCUT2D eigenvalue weighted by Gasteiger charge is 2.05. The summed E-state index contributed by atoms with van der Waals surface area (Å²) in [5, 5.41) is 1.02. The summed E-state index contributed by atoms with van der Waals surface area (Å²) in [6.45, 7) is 0. The number of nitrogens with two attached hydrogens (primary N) is 1. The van der Waals surface area contributed by atoms with E-state index in [1.807, 2.05) is 42.5 Å². The van der Waals surface area contributed by atoms with E-state index in [4.69, 9.17) is 18.0 Å². The van der Waals surface area contributed by atoms with E-state index < -0.39 is 0 Å². The molecule has 0 atom stereocenters. The van der Waals surface area contributed by atoms with Crippen molar-refractivity contribution in [2.24, 2.45) is 5.73 Å². The number of para-hydroxylation sites is 1. The van der Waals surface area contributed by atoms with E-state index in [1.165, 1.54) is 4.70 Å². The molecule has 0 radical (unpaired) electrons. The molecule has 2 N–H and O–H groups in total. The minimum absolute atomic E-state index is 0.422. The second-order valence-electron chi connectivity index (χ2n) is 3.93. The molecular formula is C14H10N2S2. The largest absolute Gasteiger partial charge is 0.389 e. The molecule has 0 aliphatic rings. The Balaban J connectivity index is 2.06. The first-order chi connectivity index (χ1) is 8.74. The Kier molecular flexibility index (Phi) is 2.81. The Morgan fingerprint density at radius 2 is 1.78 bits per heavy atom. The number of thiocarbonyl (C=S) groups is 1. The molecule has 88 valence electrons. The predicted molar refractivity (Wildman–Crippen MR) is 80.9 cm³/mol. The first-order valence-corrected chi connectivity index (χ1v) is 6.72. The van der Waals surface area contributed by atoms with Gasteiger partial charge in [0.05, 0.1) is 10.2 Å². The summed E-state index contributed by atoms with van der Waals surface area (Å²) in [6, 6.07) is 16.0. The van der Waals surface area contributed by atoms with Crippen LogP contribution in [0.15, 0.2) is 48.5 Å². The normalized spacial score (nSPS) is 10.7. The van der Waals surface area contributed by atoms with Gasteiger partial charge in [-0.25, -0.2) is 4.98 Å². The SMILES string of the molecule is NC(=S)c1ccc(-c2nc3ccccc3s2)cc1. The second kappa shape index (κ2) is 4.48. The Morgan fingerprint density at radius 1 is 1.06 bits per heavy atom. The molecule has 3 rings (SSSR count). The molecule has 18 heavy (non-hydrogen) atoms. The van der Waals surface area contributed by atoms with E-state index in [-0.39, 0.29) is 0 Å². The topological polar surface area (TPSA) is 38.9 Å². The van der Waals surface area contributed by atoms with E-state index in [9.17, 15) is 0 Å². The minimum Gasteiger partial charge on any atom is -0.389 e. The third kappa shape index (κ3) is 2.00. The molecular weight excluding hydrogens is 260 g/mol. The van der Waals surface area contributed by atoms with Gasteiger partial charge >= 0.3 is 0 Å². The van der Waals surface area contributed by atoms with Gasteiger partial charge in [0.25, 0.3) is 0 Å². The Bertz CT molecular complexity index is 681. The van der Waals surface area contributed by atoms with Crippen LogP contribution in [0.3, 0.4) is 0 Å². The minimum atomic E-state index is 0.422. The van der Waals surface area contributed by atoms with Crippen LogP contribution in [-0.2, 0) is 0 Å². The molecule has 0 aliphatic carbocycles. The lowest BCUT2D eigenvalue weighted by Gasteiger charge is -1.99. The third-order valence-electron chi connectivity index (χ3n) is 2.71. The lowest BCUT2D eigenvalue weighted by Crippen LogP contribution is -2.08. The van der Waals surface area contributed by atoms with Crippen LogP contribution in [0.25, 0.3) is 20.8 Å². The van der Waals surface area contributed by atoms with Crippen LogP contribution in [0.2, 0.25) is 0 Å². The van der Waals surface area contributed by atoms with Crippen molar-refractivity contribution in [3.63, 3.8) is 0 Å². The smallest absolute Gasteiger partial charge is 0.124 e. The molecule has 0 fully saturated rings. The number of thiazole rings is 1. The number of benzene rings is 2. The van der Waals surface area contributed by atoms with E-state index in [0.29, 0.717) is 4.99 Å². The van der Waals surface area contributed by atoms with Crippen molar-refractivity contribution >= 4 is 38.8 Å². The zero-order valence-corrected chi connectivity index (χ0v) is 11.1. The molecule has 0 bridgehead atoms. The van der Waals surface area contributed by atoms with Gasteiger partial charge in [-0.2, -0.15) is 0 Å². The number of aromatic nitrogens is 1. The van der Waals surface area contributed by atoms with Crippen molar-refractivity contribution in [2.75, 3.05) is 0 Å². The van der Waals surface area contributed by atoms with Crippen molar-refractivity contribution in [3.8, 4) is 10.6 Å². The van der Waals surface area contributed by atoms with Crippen LogP contribution < -0.4 is 5.73 Å². The van der Waals surface area contributed by atoms with Crippen LogP contribution in [0.1, 0.15) is 5.56 Å². The van der Waals surface area contributed by atoms with Gasteiger partial charge < -0.3 is 5.73 Å². The van der Waals surface area contributed by atoms with Crippen molar-refractivity contribution in [3.05, 3.63) is 54.1 Å². The zero-order chi connectivity index (χ0) is 12.5. The number of rotatable bonds is 2. The van der Waals surface area contributed by atoms with Gasteiger partial charge in [-0.05, 0) is 12.1 Å².